The van der Waals surface area contributed by atoms with Crippen molar-refractivity contribution in [3.05, 3.63) is 60.2 Å². The van der Waals surface area contributed by atoms with E-state index >= 15 is 0 Å². The molecule has 0 spiro atoms. The molecule has 2 rings (SSSR count). The van der Waals surface area contributed by atoms with Crippen molar-refractivity contribution >= 4 is 11.8 Å². The van der Waals surface area contributed by atoms with E-state index in [1.54, 1.807) is 24.0 Å². The van der Waals surface area contributed by atoms with E-state index in [4.69, 9.17) is 0 Å². The Hall–Kier alpha value is -1.39. The van der Waals surface area contributed by atoms with Gasteiger partial charge in [0.1, 0.15) is 5.82 Å². The fourth-order valence-electron chi connectivity index (χ4n) is 1.69. The lowest BCUT2D eigenvalue weighted by molar-refractivity contribution is 0.560. The summed E-state index contributed by atoms with van der Waals surface area (Å²) in [6.07, 6.45) is 2.88. The molecule has 0 amide bonds. The molecule has 4 heteroatoms. The third kappa shape index (κ3) is 3.31. The van der Waals surface area contributed by atoms with Crippen LogP contribution in [0.2, 0.25) is 0 Å². The van der Waals surface area contributed by atoms with E-state index in [0.717, 1.165) is 5.75 Å². The van der Waals surface area contributed by atoms with E-state index < -0.39 is 0 Å². The van der Waals surface area contributed by atoms with Crippen LogP contribution in [0.4, 0.5) is 4.39 Å². The standard InChI is InChI=1S/C14H15FN2S/c1-16-14(12-7-8-17-9-13(12)15)10-18-11-5-3-2-4-6-11/h2-9,14,16H,10H2,1H3. The second-order valence-electron chi connectivity index (χ2n) is 3.86. The molecule has 1 unspecified atom stereocenters. The fraction of sp³-hybridized carbons (Fsp3) is 0.214. The first kappa shape index (κ1) is 13.1. The van der Waals surface area contributed by atoms with E-state index in [2.05, 4.69) is 22.4 Å². The van der Waals surface area contributed by atoms with Gasteiger partial charge in [0, 0.05) is 28.5 Å². The molecule has 0 saturated carbocycles. The van der Waals surface area contributed by atoms with Crippen molar-refractivity contribution in [3.8, 4) is 0 Å². The number of thioether (sulfide) groups is 1. The zero-order chi connectivity index (χ0) is 12.8. The number of hydrogen-bond donors (Lipinski definition) is 1. The number of halogens is 1. The molecule has 1 aromatic heterocycles. The number of nitrogens with one attached hydrogen (secondary N) is 1. The number of hydrogen-bond acceptors (Lipinski definition) is 3. The lowest BCUT2D eigenvalue weighted by Crippen LogP contribution is -2.20. The molecule has 1 atom stereocenters. The van der Waals surface area contributed by atoms with Gasteiger partial charge in [-0.15, -0.1) is 11.8 Å². The fourth-order valence-corrected chi connectivity index (χ4v) is 2.75. The van der Waals surface area contributed by atoms with Crippen LogP contribution in [0.5, 0.6) is 0 Å². The molecule has 0 aliphatic carbocycles. The highest BCUT2D eigenvalue weighted by molar-refractivity contribution is 7.99. The first-order chi connectivity index (χ1) is 8.81. The van der Waals surface area contributed by atoms with Crippen LogP contribution < -0.4 is 5.32 Å². The van der Waals surface area contributed by atoms with Crippen LogP contribution in [0.25, 0.3) is 0 Å². The van der Waals surface area contributed by atoms with E-state index in [0.29, 0.717) is 5.56 Å². The monoisotopic (exact) mass is 262 g/mol. The summed E-state index contributed by atoms with van der Waals surface area (Å²) in [6.45, 7) is 0. The van der Waals surface area contributed by atoms with Crippen molar-refractivity contribution in [2.75, 3.05) is 12.8 Å². The minimum atomic E-state index is -0.259. The largest absolute Gasteiger partial charge is 0.312 e. The third-order valence-corrected chi connectivity index (χ3v) is 3.79. The second kappa shape index (κ2) is 6.52. The summed E-state index contributed by atoms with van der Waals surface area (Å²) in [4.78, 5) is 4.96. The molecule has 0 radical (unpaired) electrons. The van der Waals surface area contributed by atoms with Gasteiger partial charge in [-0.3, -0.25) is 4.98 Å². The summed E-state index contributed by atoms with van der Waals surface area (Å²) < 4.78 is 13.6. The number of nitrogens with zero attached hydrogens (tertiary/aromatic N) is 1. The molecule has 2 aromatic rings. The van der Waals surface area contributed by atoms with E-state index in [-0.39, 0.29) is 11.9 Å². The summed E-state index contributed by atoms with van der Waals surface area (Å²) in [5, 5.41) is 3.14. The lowest BCUT2D eigenvalue weighted by atomic mass is 10.1. The highest BCUT2D eigenvalue weighted by atomic mass is 32.2. The van der Waals surface area contributed by atoms with Gasteiger partial charge in [-0.25, -0.2) is 4.39 Å². The lowest BCUT2D eigenvalue weighted by Gasteiger charge is -2.16. The molecular weight excluding hydrogens is 247 g/mol. The molecule has 0 aliphatic heterocycles. The molecule has 2 nitrogen and oxygen atoms in total. The van der Waals surface area contributed by atoms with Gasteiger partial charge in [-0.05, 0) is 25.2 Å². The van der Waals surface area contributed by atoms with Gasteiger partial charge in [0.15, 0.2) is 0 Å². The Bertz CT molecular complexity index is 490. The molecule has 1 heterocycles. The van der Waals surface area contributed by atoms with Crippen molar-refractivity contribution < 1.29 is 4.39 Å². The molecular formula is C14H15FN2S. The maximum absolute atomic E-state index is 13.6. The Morgan fingerprint density at radius 3 is 2.72 bits per heavy atom. The van der Waals surface area contributed by atoms with Crippen LogP contribution in [0.15, 0.2) is 53.7 Å². The Morgan fingerprint density at radius 1 is 1.28 bits per heavy atom. The van der Waals surface area contributed by atoms with Crippen LogP contribution in [-0.2, 0) is 0 Å². The van der Waals surface area contributed by atoms with Crippen LogP contribution in [0.3, 0.4) is 0 Å². The van der Waals surface area contributed by atoms with Gasteiger partial charge in [-0.2, -0.15) is 0 Å². The van der Waals surface area contributed by atoms with E-state index in [1.807, 2.05) is 25.2 Å². The average molecular weight is 262 g/mol. The maximum Gasteiger partial charge on any atom is 0.146 e. The maximum atomic E-state index is 13.6. The molecule has 94 valence electrons. The quantitative estimate of drug-likeness (QED) is 0.837. The summed E-state index contributed by atoms with van der Waals surface area (Å²) in [6, 6.07) is 11.8. The molecule has 1 aromatic carbocycles. The molecule has 1 N–H and O–H groups in total. The second-order valence-corrected chi connectivity index (χ2v) is 4.96. The van der Waals surface area contributed by atoms with Crippen molar-refractivity contribution in [1.29, 1.82) is 0 Å². The SMILES string of the molecule is CNC(CSc1ccccc1)c1ccncc1F. The highest BCUT2D eigenvalue weighted by Gasteiger charge is 2.13. The summed E-state index contributed by atoms with van der Waals surface area (Å²) >= 11 is 1.71. The first-order valence-electron chi connectivity index (χ1n) is 5.76. The minimum Gasteiger partial charge on any atom is -0.312 e. The Morgan fingerprint density at radius 2 is 2.06 bits per heavy atom. The van der Waals surface area contributed by atoms with Crippen molar-refractivity contribution in [2.24, 2.45) is 0 Å². The van der Waals surface area contributed by atoms with Gasteiger partial charge in [-0.1, -0.05) is 18.2 Å². The van der Waals surface area contributed by atoms with Gasteiger partial charge in [0.2, 0.25) is 0 Å². The highest BCUT2D eigenvalue weighted by Crippen LogP contribution is 2.25. The summed E-state index contributed by atoms with van der Waals surface area (Å²) in [7, 11) is 1.84. The van der Waals surface area contributed by atoms with Crippen LogP contribution in [-0.4, -0.2) is 17.8 Å². The molecule has 0 bridgehead atoms. The minimum absolute atomic E-state index is 0.0155. The number of benzene rings is 1. The van der Waals surface area contributed by atoms with Crippen LogP contribution in [0.1, 0.15) is 11.6 Å². The van der Waals surface area contributed by atoms with Gasteiger partial charge < -0.3 is 5.32 Å². The van der Waals surface area contributed by atoms with Crippen molar-refractivity contribution in [2.45, 2.75) is 10.9 Å². The predicted molar refractivity (Wildman–Crippen MR) is 73.2 cm³/mol. The molecule has 0 saturated heterocycles. The predicted octanol–water partition coefficient (Wildman–Crippen LogP) is 3.27. The Labute approximate surface area is 111 Å². The molecule has 18 heavy (non-hydrogen) atoms. The Balaban J connectivity index is 2.04. The number of aromatic nitrogens is 1. The average Bonchev–Trinajstić information content (AvgIpc) is 2.42. The first-order valence-corrected chi connectivity index (χ1v) is 6.74. The third-order valence-electron chi connectivity index (χ3n) is 2.69. The molecule has 0 fully saturated rings. The van der Waals surface area contributed by atoms with Gasteiger partial charge >= 0.3 is 0 Å². The van der Waals surface area contributed by atoms with Gasteiger partial charge in [0.05, 0.1) is 6.20 Å². The van der Waals surface area contributed by atoms with Crippen LogP contribution >= 0.6 is 11.8 Å². The normalized spacial score (nSPS) is 12.3. The topological polar surface area (TPSA) is 24.9 Å². The van der Waals surface area contributed by atoms with Gasteiger partial charge in [0.25, 0.3) is 0 Å². The number of pyridine rings is 1. The Kier molecular flexibility index (Phi) is 4.73. The number of rotatable bonds is 5. The van der Waals surface area contributed by atoms with Crippen molar-refractivity contribution in [1.82, 2.24) is 10.3 Å². The smallest absolute Gasteiger partial charge is 0.146 e. The zero-order valence-corrected chi connectivity index (χ0v) is 11.0. The zero-order valence-electron chi connectivity index (χ0n) is 10.1. The summed E-state index contributed by atoms with van der Waals surface area (Å²) in [5.41, 5.74) is 0.663. The van der Waals surface area contributed by atoms with Crippen molar-refractivity contribution in [3.63, 3.8) is 0 Å². The molecule has 0 aliphatic rings. The van der Waals surface area contributed by atoms with E-state index in [9.17, 15) is 4.39 Å². The van der Waals surface area contributed by atoms with E-state index in [1.165, 1.54) is 11.1 Å². The van der Waals surface area contributed by atoms with Crippen LogP contribution in [0, 0.1) is 5.82 Å². The summed E-state index contributed by atoms with van der Waals surface area (Å²) in [5.74, 6) is 0.520.